The van der Waals surface area contributed by atoms with Crippen LogP contribution in [0.3, 0.4) is 0 Å². The van der Waals surface area contributed by atoms with Crippen LogP contribution in [0.1, 0.15) is 32.3 Å². The lowest BCUT2D eigenvalue weighted by Crippen LogP contribution is -2.07. The van der Waals surface area contributed by atoms with Gasteiger partial charge >= 0.3 is 12.1 Å². The molecule has 1 aromatic carbocycles. The minimum atomic E-state index is -4.64. The molecular weight excluding hydrogens is 485 g/mol. The number of ether oxygens (including phenoxy) is 2. The Hall–Kier alpha value is -4.00. The Balaban J connectivity index is 1.50. The third-order valence-corrected chi connectivity index (χ3v) is 6.46. The lowest BCUT2D eigenvalue weighted by atomic mass is 10.2. The Labute approximate surface area is 199 Å². The first-order valence-corrected chi connectivity index (χ1v) is 11.1. The van der Waals surface area contributed by atoms with Crippen LogP contribution in [0.4, 0.5) is 13.2 Å². The Kier molecular flexibility index (Phi) is 5.43. The van der Waals surface area contributed by atoms with E-state index in [9.17, 15) is 18.0 Å². The summed E-state index contributed by atoms with van der Waals surface area (Å²) in [6.07, 6.45) is -3.19. The summed E-state index contributed by atoms with van der Waals surface area (Å²) in [7, 11) is 1.30. The van der Waals surface area contributed by atoms with Crippen molar-refractivity contribution in [2.24, 2.45) is 0 Å². The summed E-state index contributed by atoms with van der Waals surface area (Å²) in [5, 5.41) is 8.64. The summed E-state index contributed by atoms with van der Waals surface area (Å²) in [4.78, 5) is 21.8. The summed E-state index contributed by atoms with van der Waals surface area (Å²) in [6.45, 7) is 3.41. The van der Waals surface area contributed by atoms with E-state index < -0.39 is 17.8 Å². The monoisotopic (exact) mass is 502 g/mol. The van der Waals surface area contributed by atoms with Crippen LogP contribution in [-0.2, 0) is 17.5 Å². The average Bonchev–Trinajstić information content (AvgIpc) is 3.52. The van der Waals surface area contributed by atoms with Gasteiger partial charge in [0.15, 0.2) is 23.8 Å². The zero-order chi connectivity index (χ0) is 24.9. The molecule has 13 heteroatoms. The molecule has 0 atom stereocenters. The molecule has 0 aliphatic rings. The van der Waals surface area contributed by atoms with Gasteiger partial charge in [0.1, 0.15) is 16.0 Å². The van der Waals surface area contributed by atoms with Gasteiger partial charge in [0.25, 0.3) is 0 Å². The van der Waals surface area contributed by atoms with Crippen molar-refractivity contribution in [3.05, 3.63) is 64.2 Å². The van der Waals surface area contributed by atoms with E-state index in [-0.39, 0.29) is 18.3 Å². The van der Waals surface area contributed by atoms with Crippen molar-refractivity contribution in [3.63, 3.8) is 0 Å². The third-order valence-electron chi connectivity index (χ3n) is 5.28. The fourth-order valence-corrected chi connectivity index (χ4v) is 4.60. The number of nitrogens with zero attached hydrogens (tertiary/aromatic N) is 6. The van der Waals surface area contributed by atoms with E-state index in [4.69, 9.17) is 9.47 Å². The van der Waals surface area contributed by atoms with Gasteiger partial charge in [0, 0.05) is 6.07 Å². The topological polar surface area (TPSA) is 96.4 Å². The highest BCUT2D eigenvalue weighted by Gasteiger charge is 2.35. The largest absolute Gasteiger partial charge is 0.469 e. The highest BCUT2D eigenvalue weighted by molar-refractivity contribution is 7.20. The zero-order valence-corrected chi connectivity index (χ0v) is 19.4. The molecule has 180 valence electrons. The van der Waals surface area contributed by atoms with Crippen LogP contribution in [0.5, 0.6) is 5.88 Å². The summed E-state index contributed by atoms with van der Waals surface area (Å²) in [5.41, 5.74) is 1.39. The SMILES string of the molecule is COC(=O)c1sc2ncn3nc(COc4cc(C(F)(F)F)nn4-c4ccc(C)cc4)nc3c2c1C. The molecule has 4 aromatic heterocycles. The number of halogens is 3. The van der Waals surface area contributed by atoms with Crippen LogP contribution in [0.25, 0.3) is 21.6 Å². The molecule has 0 aliphatic heterocycles. The fraction of sp³-hybridized carbons (Fsp3) is 0.227. The number of carbonyl (C=O) groups is 1. The van der Waals surface area contributed by atoms with Crippen molar-refractivity contribution in [1.29, 1.82) is 0 Å². The lowest BCUT2D eigenvalue weighted by Gasteiger charge is -2.08. The molecule has 0 aliphatic carbocycles. The molecule has 5 aromatic rings. The first-order chi connectivity index (χ1) is 16.7. The summed E-state index contributed by atoms with van der Waals surface area (Å²) < 4.78 is 53.0. The molecule has 4 heterocycles. The van der Waals surface area contributed by atoms with E-state index in [1.54, 1.807) is 31.2 Å². The number of rotatable bonds is 5. The summed E-state index contributed by atoms with van der Waals surface area (Å²) >= 11 is 1.18. The van der Waals surface area contributed by atoms with E-state index in [0.717, 1.165) is 16.3 Å². The summed E-state index contributed by atoms with van der Waals surface area (Å²) in [6, 6.07) is 7.67. The van der Waals surface area contributed by atoms with Crippen molar-refractivity contribution in [1.82, 2.24) is 29.4 Å². The van der Waals surface area contributed by atoms with Crippen LogP contribution in [0, 0.1) is 13.8 Å². The fourth-order valence-electron chi connectivity index (χ4n) is 3.54. The molecule has 0 bridgehead atoms. The number of alkyl halides is 3. The minimum Gasteiger partial charge on any atom is -0.469 e. The number of carbonyl (C=O) groups excluding carboxylic acids is 1. The van der Waals surface area contributed by atoms with Gasteiger partial charge in [-0.2, -0.15) is 18.3 Å². The van der Waals surface area contributed by atoms with E-state index in [2.05, 4.69) is 20.2 Å². The van der Waals surface area contributed by atoms with Crippen molar-refractivity contribution in [2.75, 3.05) is 7.11 Å². The van der Waals surface area contributed by atoms with Gasteiger partial charge in [-0.25, -0.2) is 24.0 Å². The molecule has 9 nitrogen and oxygen atoms in total. The molecule has 0 unspecified atom stereocenters. The van der Waals surface area contributed by atoms with Gasteiger partial charge in [-0.05, 0) is 31.5 Å². The third kappa shape index (κ3) is 4.07. The normalized spacial score (nSPS) is 11.9. The number of aromatic nitrogens is 6. The van der Waals surface area contributed by atoms with Crippen LogP contribution < -0.4 is 4.74 Å². The predicted octanol–water partition coefficient (Wildman–Crippen LogP) is 4.53. The maximum Gasteiger partial charge on any atom is 0.435 e. The highest BCUT2D eigenvalue weighted by Crippen LogP contribution is 2.34. The standard InChI is InChI=1S/C22H17F3N6O3S/c1-11-4-6-13(7-5-11)31-16(8-14(28-31)22(23,24)25)34-9-15-27-19-17-12(2)18(21(32)33-3)35-20(17)26-10-30(19)29-15/h4-8,10H,9H2,1-3H3. The molecule has 35 heavy (non-hydrogen) atoms. The summed E-state index contributed by atoms with van der Waals surface area (Å²) in [5.74, 6) is -0.366. The Morgan fingerprint density at radius 3 is 2.57 bits per heavy atom. The molecule has 0 saturated carbocycles. The first kappa shape index (κ1) is 22.8. The molecule has 5 rings (SSSR count). The second kappa shape index (κ2) is 8.34. The smallest absolute Gasteiger partial charge is 0.435 e. The minimum absolute atomic E-state index is 0.108. The van der Waals surface area contributed by atoms with Gasteiger partial charge in [-0.15, -0.1) is 16.4 Å². The number of methoxy groups -OCH3 is 1. The highest BCUT2D eigenvalue weighted by atomic mass is 32.1. The molecule has 0 fully saturated rings. The van der Waals surface area contributed by atoms with Crippen LogP contribution in [0.15, 0.2) is 36.7 Å². The van der Waals surface area contributed by atoms with Crippen LogP contribution in [-0.4, -0.2) is 42.4 Å². The predicted molar refractivity (Wildman–Crippen MR) is 120 cm³/mol. The van der Waals surface area contributed by atoms with E-state index in [1.165, 1.54) is 29.3 Å². The van der Waals surface area contributed by atoms with Gasteiger partial charge in [0.2, 0.25) is 5.88 Å². The van der Waals surface area contributed by atoms with Crippen LogP contribution in [0.2, 0.25) is 0 Å². The van der Waals surface area contributed by atoms with E-state index in [1.807, 2.05) is 6.92 Å². The van der Waals surface area contributed by atoms with Crippen molar-refractivity contribution < 1.29 is 27.4 Å². The number of thiophene rings is 1. The Bertz CT molecular complexity index is 1570. The molecule has 0 radical (unpaired) electrons. The number of hydrogen-bond acceptors (Lipinski definition) is 8. The van der Waals surface area contributed by atoms with Crippen LogP contribution >= 0.6 is 11.3 Å². The number of fused-ring (bicyclic) bond motifs is 3. The Morgan fingerprint density at radius 2 is 1.89 bits per heavy atom. The zero-order valence-electron chi connectivity index (χ0n) is 18.6. The van der Waals surface area contributed by atoms with Gasteiger partial charge in [-0.1, -0.05) is 17.7 Å². The molecule has 0 N–H and O–H groups in total. The van der Waals surface area contributed by atoms with E-state index >= 15 is 0 Å². The first-order valence-electron chi connectivity index (χ1n) is 10.2. The second-order valence-electron chi connectivity index (χ2n) is 7.67. The molecular formula is C22H17F3N6O3S. The van der Waals surface area contributed by atoms with Gasteiger partial charge in [0.05, 0.1) is 18.2 Å². The lowest BCUT2D eigenvalue weighted by molar-refractivity contribution is -0.141. The molecule has 0 amide bonds. The van der Waals surface area contributed by atoms with Crippen molar-refractivity contribution in [3.8, 4) is 11.6 Å². The van der Waals surface area contributed by atoms with Gasteiger partial charge < -0.3 is 9.47 Å². The van der Waals surface area contributed by atoms with Gasteiger partial charge in [-0.3, -0.25) is 0 Å². The van der Waals surface area contributed by atoms with Crippen molar-refractivity contribution in [2.45, 2.75) is 26.6 Å². The molecule has 0 saturated heterocycles. The van der Waals surface area contributed by atoms with Crippen molar-refractivity contribution >= 4 is 33.2 Å². The quantitative estimate of drug-likeness (QED) is 0.326. The van der Waals surface area contributed by atoms with E-state index in [0.29, 0.717) is 32.0 Å². The number of esters is 1. The number of hydrogen-bond donors (Lipinski definition) is 0. The maximum atomic E-state index is 13.3. The maximum absolute atomic E-state index is 13.3. The average molecular weight is 502 g/mol. The second-order valence-corrected chi connectivity index (χ2v) is 8.67. The number of aryl methyl sites for hydroxylation is 2. The number of benzene rings is 1. The molecule has 0 spiro atoms. The Morgan fingerprint density at radius 1 is 1.14 bits per heavy atom.